The van der Waals surface area contributed by atoms with Crippen molar-refractivity contribution in [3.05, 3.63) is 24.3 Å². The van der Waals surface area contributed by atoms with Crippen molar-refractivity contribution in [3.63, 3.8) is 0 Å². The standard InChI is InChI=1S/C15H20ClNO4/c1-4-20-15(19)10-17(14(18)9-16)12-7-5-6-8-13(12)21-11(2)3/h5-8,11H,4,9-10H2,1-3H3. The minimum Gasteiger partial charge on any atom is -0.489 e. The number of carbonyl (C=O) groups excluding carboxylic acids is 2. The lowest BCUT2D eigenvalue weighted by Crippen LogP contribution is -2.37. The van der Waals surface area contributed by atoms with Crippen LogP contribution in [0.5, 0.6) is 5.75 Å². The number of nitrogens with zero attached hydrogens (tertiary/aromatic N) is 1. The minimum absolute atomic E-state index is 0.0540. The molecule has 0 aromatic heterocycles. The van der Waals surface area contributed by atoms with E-state index in [9.17, 15) is 9.59 Å². The fourth-order valence-electron chi connectivity index (χ4n) is 1.75. The highest BCUT2D eigenvalue weighted by molar-refractivity contribution is 6.29. The molecule has 0 aliphatic heterocycles. The number of alkyl halides is 1. The number of carbonyl (C=O) groups is 2. The average Bonchev–Trinajstić information content (AvgIpc) is 2.44. The monoisotopic (exact) mass is 313 g/mol. The summed E-state index contributed by atoms with van der Waals surface area (Å²) in [6, 6.07) is 7.02. The maximum absolute atomic E-state index is 12.0. The van der Waals surface area contributed by atoms with E-state index in [-0.39, 0.29) is 31.0 Å². The molecule has 0 bridgehead atoms. The van der Waals surface area contributed by atoms with Gasteiger partial charge in [-0.2, -0.15) is 0 Å². The van der Waals surface area contributed by atoms with Gasteiger partial charge in [-0.05, 0) is 32.9 Å². The van der Waals surface area contributed by atoms with Crippen LogP contribution in [0.3, 0.4) is 0 Å². The topological polar surface area (TPSA) is 55.8 Å². The molecule has 21 heavy (non-hydrogen) atoms. The molecule has 6 heteroatoms. The number of hydrogen-bond donors (Lipinski definition) is 0. The van der Waals surface area contributed by atoms with E-state index in [4.69, 9.17) is 21.1 Å². The number of rotatable bonds is 7. The van der Waals surface area contributed by atoms with Crippen molar-refractivity contribution in [2.24, 2.45) is 0 Å². The fraction of sp³-hybridized carbons (Fsp3) is 0.467. The lowest BCUT2D eigenvalue weighted by molar-refractivity contribution is -0.142. The number of para-hydroxylation sites is 2. The lowest BCUT2D eigenvalue weighted by atomic mass is 10.2. The second-order valence-electron chi connectivity index (χ2n) is 4.55. The Bertz CT molecular complexity index is 490. The van der Waals surface area contributed by atoms with Gasteiger partial charge < -0.3 is 9.47 Å². The van der Waals surface area contributed by atoms with Crippen molar-refractivity contribution in [2.75, 3.05) is 23.9 Å². The van der Waals surface area contributed by atoms with Gasteiger partial charge in [0, 0.05) is 0 Å². The zero-order valence-electron chi connectivity index (χ0n) is 12.5. The molecule has 1 aromatic rings. The van der Waals surface area contributed by atoms with Gasteiger partial charge in [-0.25, -0.2) is 0 Å². The number of benzene rings is 1. The van der Waals surface area contributed by atoms with Gasteiger partial charge >= 0.3 is 5.97 Å². The number of halogens is 1. The molecule has 0 radical (unpaired) electrons. The van der Waals surface area contributed by atoms with Gasteiger partial charge in [-0.1, -0.05) is 12.1 Å². The molecule has 0 heterocycles. The predicted octanol–water partition coefficient (Wildman–Crippen LogP) is 2.61. The number of ether oxygens (including phenoxy) is 2. The van der Waals surface area contributed by atoms with Crippen molar-refractivity contribution < 1.29 is 19.1 Å². The molecule has 1 aromatic carbocycles. The van der Waals surface area contributed by atoms with Crippen LogP contribution in [0.2, 0.25) is 0 Å². The second-order valence-corrected chi connectivity index (χ2v) is 4.82. The predicted molar refractivity (Wildman–Crippen MR) is 81.9 cm³/mol. The summed E-state index contributed by atoms with van der Waals surface area (Å²) in [4.78, 5) is 25.0. The summed E-state index contributed by atoms with van der Waals surface area (Å²) >= 11 is 5.63. The van der Waals surface area contributed by atoms with Gasteiger partial charge in [0.2, 0.25) is 5.91 Å². The van der Waals surface area contributed by atoms with Crippen LogP contribution >= 0.6 is 11.6 Å². The Morgan fingerprint density at radius 2 is 1.95 bits per heavy atom. The van der Waals surface area contributed by atoms with E-state index >= 15 is 0 Å². The molecule has 0 saturated heterocycles. The van der Waals surface area contributed by atoms with Crippen molar-refractivity contribution >= 4 is 29.2 Å². The van der Waals surface area contributed by atoms with Gasteiger partial charge in [0.1, 0.15) is 18.2 Å². The van der Waals surface area contributed by atoms with Crippen molar-refractivity contribution in [3.8, 4) is 5.75 Å². The normalized spacial score (nSPS) is 10.3. The Morgan fingerprint density at radius 3 is 2.52 bits per heavy atom. The summed E-state index contributed by atoms with van der Waals surface area (Å²) in [6.45, 7) is 5.54. The summed E-state index contributed by atoms with van der Waals surface area (Å²) in [7, 11) is 0. The van der Waals surface area contributed by atoms with Crippen LogP contribution in [0.4, 0.5) is 5.69 Å². The first-order chi connectivity index (χ1) is 9.99. The first kappa shape index (κ1) is 17.3. The van der Waals surface area contributed by atoms with Crippen molar-refractivity contribution in [1.29, 1.82) is 0 Å². The van der Waals surface area contributed by atoms with Crippen LogP contribution in [0.15, 0.2) is 24.3 Å². The molecule has 0 spiro atoms. The van der Waals surface area contributed by atoms with Gasteiger partial charge in [-0.15, -0.1) is 11.6 Å². The molecule has 0 unspecified atom stereocenters. The summed E-state index contributed by atoms with van der Waals surface area (Å²) in [5.74, 6) is -0.579. The zero-order chi connectivity index (χ0) is 15.8. The average molecular weight is 314 g/mol. The Hall–Kier alpha value is -1.75. The molecule has 1 amide bonds. The maximum Gasteiger partial charge on any atom is 0.326 e. The van der Waals surface area contributed by atoms with Crippen LogP contribution < -0.4 is 9.64 Å². The van der Waals surface area contributed by atoms with E-state index in [2.05, 4.69) is 0 Å². The first-order valence-electron chi connectivity index (χ1n) is 6.77. The first-order valence-corrected chi connectivity index (χ1v) is 7.30. The Balaban J connectivity index is 3.08. The molecule has 5 nitrogen and oxygen atoms in total. The molecule has 1 rings (SSSR count). The molecule has 0 atom stereocenters. The molecule has 116 valence electrons. The molecule has 0 aliphatic carbocycles. The highest BCUT2D eigenvalue weighted by Crippen LogP contribution is 2.29. The van der Waals surface area contributed by atoms with E-state index in [0.29, 0.717) is 11.4 Å². The fourth-order valence-corrected chi connectivity index (χ4v) is 1.89. The summed E-state index contributed by atoms with van der Waals surface area (Å²) in [5, 5.41) is 0. The van der Waals surface area contributed by atoms with Crippen LogP contribution in [-0.2, 0) is 14.3 Å². The Labute approximate surface area is 129 Å². The largest absolute Gasteiger partial charge is 0.489 e. The SMILES string of the molecule is CCOC(=O)CN(C(=O)CCl)c1ccccc1OC(C)C. The highest BCUT2D eigenvalue weighted by atomic mass is 35.5. The van der Waals surface area contributed by atoms with E-state index in [1.807, 2.05) is 13.8 Å². The van der Waals surface area contributed by atoms with Gasteiger partial charge in [0.05, 0.1) is 18.4 Å². The van der Waals surface area contributed by atoms with Crippen molar-refractivity contribution in [1.82, 2.24) is 0 Å². The lowest BCUT2D eigenvalue weighted by Gasteiger charge is -2.24. The van der Waals surface area contributed by atoms with Crippen LogP contribution in [0.1, 0.15) is 20.8 Å². The summed E-state index contributed by atoms with van der Waals surface area (Å²) < 4.78 is 10.6. The molecular weight excluding hydrogens is 294 g/mol. The van der Waals surface area contributed by atoms with E-state index < -0.39 is 5.97 Å². The quantitative estimate of drug-likeness (QED) is 0.573. The number of hydrogen-bond acceptors (Lipinski definition) is 4. The third kappa shape index (κ3) is 5.27. The van der Waals surface area contributed by atoms with E-state index in [1.54, 1.807) is 31.2 Å². The van der Waals surface area contributed by atoms with E-state index in [0.717, 1.165) is 0 Å². The minimum atomic E-state index is -0.490. The van der Waals surface area contributed by atoms with Gasteiger partial charge in [-0.3, -0.25) is 14.5 Å². The molecule has 0 saturated carbocycles. The third-order valence-corrected chi connectivity index (χ3v) is 2.76. The summed E-state index contributed by atoms with van der Waals surface area (Å²) in [5.41, 5.74) is 0.505. The number of anilines is 1. The number of esters is 1. The molecule has 0 aliphatic rings. The van der Waals surface area contributed by atoms with Crippen LogP contribution in [0.25, 0.3) is 0 Å². The molecular formula is C15H20ClNO4. The molecule has 0 N–H and O–H groups in total. The van der Waals surface area contributed by atoms with E-state index in [1.165, 1.54) is 4.90 Å². The highest BCUT2D eigenvalue weighted by Gasteiger charge is 2.22. The zero-order valence-corrected chi connectivity index (χ0v) is 13.2. The number of amides is 1. The third-order valence-electron chi connectivity index (χ3n) is 2.53. The van der Waals surface area contributed by atoms with Crippen LogP contribution in [-0.4, -0.2) is 37.0 Å². The van der Waals surface area contributed by atoms with Gasteiger partial charge in [0.15, 0.2) is 0 Å². The Kier molecular flexibility index (Phi) is 7.02. The molecule has 0 fully saturated rings. The van der Waals surface area contributed by atoms with Gasteiger partial charge in [0.25, 0.3) is 0 Å². The summed E-state index contributed by atoms with van der Waals surface area (Å²) in [6.07, 6.45) is -0.0540. The maximum atomic E-state index is 12.0. The Morgan fingerprint density at radius 1 is 1.29 bits per heavy atom. The van der Waals surface area contributed by atoms with Crippen LogP contribution in [0, 0.1) is 0 Å². The van der Waals surface area contributed by atoms with Crippen molar-refractivity contribution in [2.45, 2.75) is 26.9 Å². The second kappa shape index (κ2) is 8.52. The smallest absolute Gasteiger partial charge is 0.326 e.